The van der Waals surface area contributed by atoms with Crippen molar-refractivity contribution >= 4 is 57.7 Å². The van der Waals surface area contributed by atoms with Gasteiger partial charge < -0.3 is 21.4 Å². The quantitative estimate of drug-likeness (QED) is 0.160. The van der Waals surface area contributed by atoms with Gasteiger partial charge in [0.15, 0.2) is 0 Å². The first kappa shape index (κ1) is 25.6. The van der Waals surface area contributed by atoms with Crippen LogP contribution in [0.15, 0.2) is 109 Å². The van der Waals surface area contributed by atoms with Crippen LogP contribution < -0.4 is 11.5 Å². The van der Waals surface area contributed by atoms with E-state index in [1.54, 1.807) is 0 Å². The SMILES string of the molecule is Nc1ccc(-c2c(-c3ccc(N)cc3)c3cc4nc(c(-c5ccccc5)c5ccc(cc6nc(cc2[nH]3)C=C6)[nH]5)C=C4)cc1. The van der Waals surface area contributed by atoms with Gasteiger partial charge in [-0.15, -0.1) is 0 Å². The molecule has 3 aromatic heterocycles. The van der Waals surface area contributed by atoms with Crippen molar-refractivity contribution in [2.45, 2.75) is 0 Å². The van der Waals surface area contributed by atoms with E-state index >= 15 is 0 Å². The molecule has 5 heterocycles. The zero-order valence-electron chi connectivity index (χ0n) is 23.8. The molecule has 0 radical (unpaired) electrons. The molecule has 0 amide bonds. The molecule has 0 saturated carbocycles. The van der Waals surface area contributed by atoms with E-state index in [-0.39, 0.29) is 0 Å². The zero-order valence-corrected chi connectivity index (χ0v) is 23.8. The standard InChI is InChI=1S/C38H28N6/c39-26-10-6-24(7-11-26)37-34-21-30-15-14-28(41-30)20-29-16-18-32(42-29)36(23-4-2-1-3-5-23)33-19-17-31(43-33)22-35(44-34)38(37)25-8-12-27(40)13-9-25/h1-22,42,44H,39-40H2. The first-order valence-electron chi connectivity index (χ1n) is 14.5. The summed E-state index contributed by atoms with van der Waals surface area (Å²) in [6, 6.07) is 36.8. The summed E-state index contributed by atoms with van der Waals surface area (Å²) in [7, 11) is 0. The van der Waals surface area contributed by atoms with E-state index < -0.39 is 0 Å². The molecule has 0 spiro atoms. The largest absolute Gasteiger partial charge is 0.399 e. The van der Waals surface area contributed by atoms with Crippen LogP contribution in [-0.2, 0) is 0 Å². The van der Waals surface area contributed by atoms with Gasteiger partial charge in [-0.3, -0.25) is 0 Å². The number of aromatic nitrogens is 4. The van der Waals surface area contributed by atoms with E-state index in [2.05, 4.69) is 101 Å². The third-order valence-corrected chi connectivity index (χ3v) is 7.99. The second-order valence-electron chi connectivity index (χ2n) is 11.0. The van der Waals surface area contributed by atoms with E-state index in [1.807, 2.05) is 42.5 Å². The Morgan fingerprint density at radius 2 is 0.977 bits per heavy atom. The minimum absolute atomic E-state index is 0.713. The molecule has 0 unspecified atom stereocenters. The van der Waals surface area contributed by atoms with Gasteiger partial charge in [-0.25, -0.2) is 9.97 Å². The molecule has 8 bridgehead atoms. The van der Waals surface area contributed by atoms with Crippen LogP contribution in [0.5, 0.6) is 0 Å². The molecule has 210 valence electrons. The van der Waals surface area contributed by atoms with Gasteiger partial charge >= 0.3 is 0 Å². The number of aromatic amines is 2. The average Bonchev–Trinajstić information content (AvgIpc) is 3.84. The van der Waals surface area contributed by atoms with Gasteiger partial charge in [0.1, 0.15) is 0 Å². The Morgan fingerprint density at radius 3 is 1.61 bits per heavy atom. The molecule has 3 aromatic carbocycles. The van der Waals surface area contributed by atoms with Crippen LogP contribution in [0.25, 0.3) is 79.8 Å². The number of nitrogen functional groups attached to an aromatic ring is 2. The topological polar surface area (TPSA) is 109 Å². The maximum absolute atomic E-state index is 6.11. The molecule has 0 atom stereocenters. The van der Waals surface area contributed by atoms with Gasteiger partial charge in [-0.1, -0.05) is 54.6 Å². The summed E-state index contributed by atoms with van der Waals surface area (Å²) < 4.78 is 0. The van der Waals surface area contributed by atoms with E-state index in [0.717, 1.165) is 78.2 Å². The molecule has 2 aliphatic rings. The number of rotatable bonds is 3. The predicted molar refractivity (Wildman–Crippen MR) is 184 cm³/mol. The summed E-state index contributed by atoms with van der Waals surface area (Å²) in [5, 5.41) is 0. The maximum Gasteiger partial charge on any atom is 0.0736 e. The molecule has 6 aromatic rings. The third-order valence-electron chi connectivity index (χ3n) is 7.99. The Hall–Kier alpha value is -6.14. The molecule has 6 N–H and O–H groups in total. The number of nitrogens with two attached hydrogens (primary N) is 2. The van der Waals surface area contributed by atoms with Crippen LogP contribution in [0.1, 0.15) is 22.8 Å². The van der Waals surface area contributed by atoms with Gasteiger partial charge in [0.05, 0.1) is 22.8 Å². The van der Waals surface area contributed by atoms with Crippen molar-refractivity contribution < 1.29 is 0 Å². The van der Waals surface area contributed by atoms with Crippen molar-refractivity contribution in [1.82, 2.24) is 19.9 Å². The lowest BCUT2D eigenvalue weighted by molar-refractivity contribution is 1.31. The molecule has 6 heteroatoms. The fraction of sp³-hybridized carbons (Fsp3) is 0. The Labute approximate surface area is 254 Å². The van der Waals surface area contributed by atoms with Gasteiger partial charge in [0, 0.05) is 50.1 Å². The number of nitrogens with zero attached hydrogens (tertiary/aromatic N) is 2. The van der Waals surface area contributed by atoms with Crippen molar-refractivity contribution in [3.63, 3.8) is 0 Å². The van der Waals surface area contributed by atoms with Crippen LogP contribution in [-0.4, -0.2) is 19.9 Å². The number of hydrogen-bond acceptors (Lipinski definition) is 4. The van der Waals surface area contributed by atoms with Gasteiger partial charge in [-0.05, 0) is 95.6 Å². The Kier molecular flexibility index (Phi) is 5.98. The summed E-state index contributed by atoms with van der Waals surface area (Å²) in [5.74, 6) is 0. The number of hydrogen-bond donors (Lipinski definition) is 4. The molecule has 6 nitrogen and oxygen atoms in total. The highest BCUT2D eigenvalue weighted by Gasteiger charge is 2.17. The minimum Gasteiger partial charge on any atom is -0.399 e. The van der Waals surface area contributed by atoms with Gasteiger partial charge in [0.25, 0.3) is 0 Å². The summed E-state index contributed by atoms with van der Waals surface area (Å²) in [6.45, 7) is 0. The van der Waals surface area contributed by atoms with Crippen molar-refractivity contribution in [1.29, 1.82) is 0 Å². The third kappa shape index (κ3) is 4.64. The molecular formula is C38H28N6. The lowest BCUT2D eigenvalue weighted by Gasteiger charge is -2.07. The maximum atomic E-state index is 6.11. The molecule has 8 rings (SSSR count). The van der Waals surface area contributed by atoms with Gasteiger partial charge in [0.2, 0.25) is 0 Å². The summed E-state index contributed by atoms with van der Waals surface area (Å²) in [5.41, 5.74) is 27.2. The number of nitrogens with one attached hydrogen (secondary N) is 2. The lowest BCUT2D eigenvalue weighted by Crippen LogP contribution is -1.87. The Balaban J connectivity index is 1.52. The molecule has 44 heavy (non-hydrogen) atoms. The van der Waals surface area contributed by atoms with Crippen molar-refractivity contribution in [2.24, 2.45) is 0 Å². The second kappa shape index (κ2) is 10.3. The zero-order chi connectivity index (χ0) is 29.6. The van der Waals surface area contributed by atoms with E-state index in [0.29, 0.717) is 11.4 Å². The number of fused-ring (bicyclic) bond motifs is 8. The highest BCUT2D eigenvalue weighted by Crippen LogP contribution is 2.40. The molecule has 0 fully saturated rings. The molecular weight excluding hydrogens is 540 g/mol. The smallest absolute Gasteiger partial charge is 0.0736 e. The molecule has 0 saturated heterocycles. The van der Waals surface area contributed by atoms with Crippen LogP contribution >= 0.6 is 0 Å². The van der Waals surface area contributed by atoms with Crippen LogP contribution in [0.2, 0.25) is 0 Å². The number of benzene rings is 3. The van der Waals surface area contributed by atoms with E-state index in [4.69, 9.17) is 21.4 Å². The van der Waals surface area contributed by atoms with E-state index in [1.165, 1.54) is 0 Å². The second-order valence-corrected chi connectivity index (χ2v) is 11.0. The highest BCUT2D eigenvalue weighted by molar-refractivity contribution is 6.04. The van der Waals surface area contributed by atoms with Crippen LogP contribution in [0, 0.1) is 0 Å². The minimum atomic E-state index is 0.713. The predicted octanol–water partition coefficient (Wildman–Crippen LogP) is 8.82. The van der Waals surface area contributed by atoms with Crippen molar-refractivity contribution in [3.8, 4) is 33.4 Å². The molecule has 0 aliphatic carbocycles. The lowest BCUT2D eigenvalue weighted by atomic mass is 9.95. The Bertz CT molecular complexity index is 2270. The summed E-state index contributed by atoms with van der Waals surface area (Å²) in [4.78, 5) is 17.4. The van der Waals surface area contributed by atoms with Crippen LogP contribution in [0.4, 0.5) is 11.4 Å². The fourth-order valence-corrected chi connectivity index (χ4v) is 5.95. The van der Waals surface area contributed by atoms with Gasteiger partial charge in [-0.2, -0.15) is 0 Å². The first-order chi connectivity index (χ1) is 21.6. The normalized spacial score (nSPS) is 12.1. The first-order valence-corrected chi connectivity index (χ1v) is 14.5. The van der Waals surface area contributed by atoms with Crippen LogP contribution in [0.3, 0.4) is 0 Å². The van der Waals surface area contributed by atoms with Crippen molar-refractivity contribution in [3.05, 3.63) is 132 Å². The molecule has 2 aliphatic heterocycles. The number of anilines is 2. The monoisotopic (exact) mass is 568 g/mol. The Morgan fingerprint density at radius 1 is 0.432 bits per heavy atom. The average molecular weight is 569 g/mol. The summed E-state index contributed by atoms with van der Waals surface area (Å²) >= 11 is 0. The van der Waals surface area contributed by atoms with Crippen molar-refractivity contribution in [2.75, 3.05) is 11.5 Å². The number of H-pyrrole nitrogens is 2. The van der Waals surface area contributed by atoms with E-state index in [9.17, 15) is 0 Å². The fourth-order valence-electron chi connectivity index (χ4n) is 5.95. The summed E-state index contributed by atoms with van der Waals surface area (Å²) in [6.07, 6.45) is 8.23. The highest BCUT2D eigenvalue weighted by atomic mass is 14.8.